The van der Waals surface area contributed by atoms with Crippen LogP contribution in [0.2, 0.25) is 0 Å². The molecule has 3 N–H and O–H groups in total. The lowest BCUT2D eigenvalue weighted by Crippen LogP contribution is -2.33. The molecular formula is C22H28FN3O6S. The second kappa shape index (κ2) is 12.3. The fourth-order valence-electron chi connectivity index (χ4n) is 3.09. The molecule has 0 saturated heterocycles. The second-order valence-electron chi connectivity index (χ2n) is 7.07. The lowest BCUT2D eigenvalue weighted by atomic mass is 10.1. The summed E-state index contributed by atoms with van der Waals surface area (Å²) in [5.41, 5.74) is 6.50. The number of hydrogen-bond acceptors (Lipinski definition) is 8. The largest absolute Gasteiger partial charge is 0.494 e. The van der Waals surface area contributed by atoms with E-state index in [2.05, 4.69) is 5.32 Å². The minimum absolute atomic E-state index is 0.0198. The molecule has 33 heavy (non-hydrogen) atoms. The first kappa shape index (κ1) is 26.2. The summed E-state index contributed by atoms with van der Waals surface area (Å²) in [5, 5.41) is 2.86. The lowest BCUT2D eigenvalue weighted by Gasteiger charge is -2.20. The van der Waals surface area contributed by atoms with Gasteiger partial charge in [0.05, 0.1) is 30.7 Å². The number of methoxy groups -OCH3 is 2. The molecule has 0 fully saturated rings. The molecule has 1 aromatic heterocycles. The third-order valence-electron chi connectivity index (χ3n) is 4.79. The van der Waals surface area contributed by atoms with Crippen molar-refractivity contribution in [1.82, 2.24) is 4.90 Å². The van der Waals surface area contributed by atoms with Gasteiger partial charge < -0.3 is 25.3 Å². The standard InChI is InChI=1S/C22H28FN3O6S/c1-5-26(11-14-6-7-16(31-4)15(23)10-14)12-17(27)25-21-18(22(29)32-9-8-30-3)13(2)19(33-21)20(24)28/h6-7,10H,5,8-9,11-12H2,1-4H3,(H2,24,28)(H,25,27). The number of hydrogen-bond donors (Lipinski definition) is 2. The molecular weight excluding hydrogens is 453 g/mol. The van der Waals surface area contributed by atoms with E-state index in [-0.39, 0.29) is 40.9 Å². The highest BCUT2D eigenvalue weighted by molar-refractivity contribution is 7.18. The number of nitrogens with one attached hydrogen (secondary N) is 1. The molecule has 1 heterocycles. The van der Waals surface area contributed by atoms with Crippen molar-refractivity contribution in [2.75, 3.05) is 45.8 Å². The van der Waals surface area contributed by atoms with Gasteiger partial charge >= 0.3 is 5.97 Å². The number of nitrogens with two attached hydrogens (primary N) is 1. The monoisotopic (exact) mass is 481 g/mol. The summed E-state index contributed by atoms with van der Waals surface area (Å²) in [6.45, 7) is 4.48. The van der Waals surface area contributed by atoms with Crippen molar-refractivity contribution in [3.8, 4) is 5.75 Å². The number of esters is 1. The molecule has 2 aromatic rings. The maximum Gasteiger partial charge on any atom is 0.341 e. The Labute approximate surface area is 195 Å². The van der Waals surface area contributed by atoms with E-state index in [9.17, 15) is 18.8 Å². The molecule has 9 nitrogen and oxygen atoms in total. The van der Waals surface area contributed by atoms with Crippen molar-refractivity contribution in [3.05, 3.63) is 45.6 Å². The van der Waals surface area contributed by atoms with E-state index in [0.717, 1.165) is 11.3 Å². The van der Waals surface area contributed by atoms with Crippen LogP contribution < -0.4 is 15.8 Å². The number of ether oxygens (including phenoxy) is 3. The number of carbonyl (C=O) groups is 3. The maximum absolute atomic E-state index is 14.0. The van der Waals surface area contributed by atoms with Crippen LogP contribution in [0.15, 0.2) is 18.2 Å². The van der Waals surface area contributed by atoms with Crippen LogP contribution in [0.5, 0.6) is 5.75 Å². The number of rotatable bonds is 12. The van der Waals surface area contributed by atoms with Crippen LogP contribution in [0, 0.1) is 12.7 Å². The highest BCUT2D eigenvalue weighted by atomic mass is 32.1. The van der Waals surface area contributed by atoms with Crippen LogP contribution in [0.25, 0.3) is 0 Å². The number of primary amides is 1. The number of benzene rings is 1. The Morgan fingerprint density at radius 2 is 1.94 bits per heavy atom. The van der Waals surface area contributed by atoms with Crippen molar-refractivity contribution in [2.45, 2.75) is 20.4 Å². The molecule has 0 unspecified atom stereocenters. The summed E-state index contributed by atoms with van der Waals surface area (Å²) < 4.78 is 28.9. The number of carbonyl (C=O) groups excluding carboxylic acids is 3. The van der Waals surface area contributed by atoms with E-state index in [1.54, 1.807) is 17.9 Å². The molecule has 0 spiro atoms. The van der Waals surface area contributed by atoms with E-state index < -0.39 is 23.6 Å². The number of nitrogens with zero attached hydrogens (tertiary/aromatic N) is 1. The van der Waals surface area contributed by atoms with Gasteiger partial charge in [-0.05, 0) is 36.7 Å². The highest BCUT2D eigenvalue weighted by Gasteiger charge is 2.26. The molecule has 0 radical (unpaired) electrons. The zero-order chi connectivity index (χ0) is 24.5. The van der Waals surface area contributed by atoms with Crippen LogP contribution in [0.1, 0.15) is 38.1 Å². The molecule has 11 heteroatoms. The minimum Gasteiger partial charge on any atom is -0.494 e. The molecule has 0 aliphatic carbocycles. The first-order valence-corrected chi connectivity index (χ1v) is 11.0. The molecule has 0 bridgehead atoms. The average Bonchev–Trinajstić information content (AvgIpc) is 3.09. The summed E-state index contributed by atoms with van der Waals surface area (Å²) in [6.07, 6.45) is 0. The summed E-state index contributed by atoms with van der Waals surface area (Å²) in [4.78, 5) is 39.0. The van der Waals surface area contributed by atoms with Crippen LogP contribution in [-0.4, -0.2) is 63.2 Å². The number of anilines is 1. The molecule has 0 aliphatic rings. The Morgan fingerprint density at radius 1 is 1.21 bits per heavy atom. The van der Waals surface area contributed by atoms with Crippen LogP contribution in [-0.2, 0) is 20.8 Å². The summed E-state index contributed by atoms with van der Waals surface area (Å²) in [6, 6.07) is 4.60. The van der Waals surface area contributed by atoms with E-state index in [1.807, 2.05) is 6.92 Å². The first-order chi connectivity index (χ1) is 15.7. The van der Waals surface area contributed by atoms with Gasteiger partial charge in [0, 0.05) is 13.7 Å². The van der Waals surface area contributed by atoms with E-state index in [4.69, 9.17) is 19.9 Å². The fourth-order valence-corrected chi connectivity index (χ4v) is 4.15. The van der Waals surface area contributed by atoms with Gasteiger partial charge in [-0.15, -0.1) is 11.3 Å². The molecule has 1 aromatic carbocycles. The Morgan fingerprint density at radius 3 is 2.52 bits per heavy atom. The maximum atomic E-state index is 14.0. The van der Waals surface area contributed by atoms with Crippen molar-refractivity contribution in [3.63, 3.8) is 0 Å². The van der Waals surface area contributed by atoms with Gasteiger partial charge in [0.15, 0.2) is 11.6 Å². The van der Waals surface area contributed by atoms with Gasteiger partial charge in [-0.1, -0.05) is 13.0 Å². The third kappa shape index (κ3) is 6.98. The summed E-state index contributed by atoms with van der Waals surface area (Å²) >= 11 is 0.914. The van der Waals surface area contributed by atoms with Crippen LogP contribution in [0.3, 0.4) is 0 Å². The smallest absolute Gasteiger partial charge is 0.341 e. The van der Waals surface area contributed by atoms with Crippen LogP contribution in [0.4, 0.5) is 9.39 Å². The Hall–Kier alpha value is -3.02. The Kier molecular flexibility index (Phi) is 9.76. The highest BCUT2D eigenvalue weighted by Crippen LogP contribution is 2.33. The molecule has 0 saturated carbocycles. The van der Waals surface area contributed by atoms with Gasteiger partial charge in [0.25, 0.3) is 5.91 Å². The topological polar surface area (TPSA) is 120 Å². The molecule has 180 valence electrons. The molecule has 0 atom stereocenters. The van der Waals surface area contributed by atoms with E-state index in [1.165, 1.54) is 26.4 Å². The van der Waals surface area contributed by atoms with Crippen molar-refractivity contribution >= 4 is 34.1 Å². The number of thiophene rings is 1. The fraction of sp³-hybridized carbons (Fsp3) is 0.409. The van der Waals surface area contributed by atoms with Gasteiger partial charge in [0.2, 0.25) is 5.91 Å². The third-order valence-corrected chi connectivity index (χ3v) is 6.01. The predicted octanol–water partition coefficient (Wildman–Crippen LogP) is 2.57. The SMILES string of the molecule is CCN(CC(=O)Nc1sc(C(N)=O)c(C)c1C(=O)OCCOC)Cc1ccc(OC)c(F)c1. The zero-order valence-corrected chi connectivity index (χ0v) is 19.8. The number of amides is 2. The average molecular weight is 482 g/mol. The van der Waals surface area contributed by atoms with Crippen LogP contribution >= 0.6 is 11.3 Å². The van der Waals surface area contributed by atoms with Crippen molar-refractivity contribution in [1.29, 1.82) is 0 Å². The van der Waals surface area contributed by atoms with Gasteiger partial charge in [0.1, 0.15) is 11.6 Å². The number of halogens is 1. The van der Waals surface area contributed by atoms with Crippen molar-refractivity contribution in [2.24, 2.45) is 5.73 Å². The minimum atomic E-state index is -0.708. The summed E-state index contributed by atoms with van der Waals surface area (Å²) in [7, 11) is 2.86. The number of likely N-dealkylation sites (N-methyl/N-ethyl adjacent to an activating group) is 1. The normalized spacial score (nSPS) is 10.8. The van der Waals surface area contributed by atoms with Gasteiger partial charge in [-0.2, -0.15) is 0 Å². The van der Waals surface area contributed by atoms with E-state index in [0.29, 0.717) is 24.2 Å². The lowest BCUT2D eigenvalue weighted by molar-refractivity contribution is -0.117. The predicted molar refractivity (Wildman–Crippen MR) is 122 cm³/mol. The zero-order valence-electron chi connectivity index (χ0n) is 19.0. The van der Waals surface area contributed by atoms with Crippen molar-refractivity contribution < 1.29 is 33.0 Å². The summed E-state index contributed by atoms with van der Waals surface area (Å²) in [5.74, 6) is -2.15. The Balaban J connectivity index is 2.15. The molecule has 2 amide bonds. The Bertz CT molecular complexity index is 1010. The molecule has 0 aliphatic heterocycles. The van der Waals surface area contributed by atoms with Gasteiger partial charge in [-0.25, -0.2) is 9.18 Å². The van der Waals surface area contributed by atoms with E-state index >= 15 is 0 Å². The van der Waals surface area contributed by atoms with Gasteiger partial charge in [-0.3, -0.25) is 14.5 Å². The first-order valence-electron chi connectivity index (χ1n) is 10.2. The quantitative estimate of drug-likeness (QED) is 0.353. The second-order valence-corrected chi connectivity index (χ2v) is 8.09. The molecule has 2 rings (SSSR count).